The van der Waals surface area contributed by atoms with Crippen LogP contribution in [0.15, 0.2) is 18.2 Å². The molecule has 1 unspecified atom stereocenters. The second kappa shape index (κ2) is 8.23. The van der Waals surface area contributed by atoms with Gasteiger partial charge in [-0.1, -0.05) is 49.0 Å². The highest BCUT2D eigenvalue weighted by atomic mass is 35.5. The molecule has 2 rings (SSSR count). The van der Waals surface area contributed by atoms with E-state index < -0.39 is 0 Å². The van der Waals surface area contributed by atoms with E-state index in [1.807, 2.05) is 12.1 Å². The Labute approximate surface area is 131 Å². The Morgan fingerprint density at radius 2 is 2.05 bits per heavy atom. The molecule has 0 spiro atoms. The first-order valence-electron chi connectivity index (χ1n) is 7.50. The van der Waals surface area contributed by atoms with E-state index >= 15 is 0 Å². The van der Waals surface area contributed by atoms with Gasteiger partial charge in [0.15, 0.2) is 0 Å². The molecule has 1 N–H and O–H groups in total. The van der Waals surface area contributed by atoms with Crippen LogP contribution < -0.4 is 5.32 Å². The molecule has 0 aliphatic heterocycles. The van der Waals surface area contributed by atoms with E-state index in [9.17, 15) is 0 Å². The molecule has 0 radical (unpaired) electrons. The van der Waals surface area contributed by atoms with Gasteiger partial charge in [0.05, 0.1) is 12.7 Å². The summed E-state index contributed by atoms with van der Waals surface area (Å²) in [6, 6.07) is 5.95. The summed E-state index contributed by atoms with van der Waals surface area (Å²) in [5, 5.41) is 4.93. The summed E-state index contributed by atoms with van der Waals surface area (Å²) in [4.78, 5) is 0. The Bertz CT molecular complexity index is 419. The van der Waals surface area contributed by atoms with Gasteiger partial charge in [-0.2, -0.15) is 0 Å². The van der Waals surface area contributed by atoms with Crippen LogP contribution in [0.1, 0.15) is 50.6 Å². The van der Waals surface area contributed by atoms with Crippen LogP contribution in [0, 0.1) is 0 Å². The molecule has 1 saturated carbocycles. The van der Waals surface area contributed by atoms with Crippen LogP contribution in [0.25, 0.3) is 0 Å². The lowest BCUT2D eigenvalue weighted by Crippen LogP contribution is -2.26. The van der Waals surface area contributed by atoms with Crippen molar-refractivity contribution in [3.63, 3.8) is 0 Å². The Hall–Kier alpha value is -0.280. The fourth-order valence-corrected chi connectivity index (χ4v) is 3.31. The van der Waals surface area contributed by atoms with Crippen molar-refractivity contribution < 1.29 is 4.74 Å². The molecule has 112 valence electrons. The Morgan fingerprint density at radius 3 is 2.70 bits per heavy atom. The third-order valence-corrected chi connectivity index (χ3v) is 4.46. The zero-order valence-corrected chi connectivity index (χ0v) is 13.5. The Balaban J connectivity index is 1.79. The lowest BCUT2D eigenvalue weighted by Gasteiger charge is -2.20. The normalized spacial score (nSPS) is 17.6. The fourth-order valence-electron chi connectivity index (χ4n) is 2.77. The summed E-state index contributed by atoms with van der Waals surface area (Å²) < 4.78 is 5.87. The van der Waals surface area contributed by atoms with Crippen LogP contribution in [-0.2, 0) is 4.74 Å². The molecule has 0 heterocycles. The highest BCUT2D eigenvalue weighted by molar-refractivity contribution is 6.35. The maximum Gasteiger partial charge on any atom is 0.0594 e. The van der Waals surface area contributed by atoms with Crippen LogP contribution in [0.3, 0.4) is 0 Å². The van der Waals surface area contributed by atoms with Gasteiger partial charge < -0.3 is 10.1 Å². The van der Waals surface area contributed by atoms with Crippen molar-refractivity contribution in [2.75, 3.05) is 13.2 Å². The molecule has 1 fully saturated rings. The van der Waals surface area contributed by atoms with Gasteiger partial charge in [-0.15, -0.1) is 0 Å². The standard InChI is InChI=1S/C16H23Cl2NO/c1-2-16(14-8-7-12(17)11-15(14)18)19-9-10-20-13-5-3-4-6-13/h7-8,11,13,16,19H,2-6,9-10H2,1H3. The molecule has 0 bridgehead atoms. The molecule has 4 heteroatoms. The summed E-state index contributed by atoms with van der Waals surface area (Å²) >= 11 is 12.2. The number of rotatable bonds is 7. The minimum absolute atomic E-state index is 0.256. The molecular formula is C16H23Cl2NO. The minimum Gasteiger partial charge on any atom is -0.377 e. The van der Waals surface area contributed by atoms with Gasteiger partial charge in [-0.25, -0.2) is 0 Å². The molecule has 1 aromatic carbocycles. The predicted octanol–water partition coefficient (Wildman–Crippen LogP) is 4.99. The number of hydrogen-bond donors (Lipinski definition) is 1. The number of ether oxygens (including phenoxy) is 1. The smallest absolute Gasteiger partial charge is 0.0594 e. The number of halogens is 2. The molecular weight excluding hydrogens is 293 g/mol. The van der Waals surface area contributed by atoms with Gasteiger partial charge in [-0.05, 0) is 37.0 Å². The van der Waals surface area contributed by atoms with Crippen molar-refractivity contribution >= 4 is 23.2 Å². The van der Waals surface area contributed by atoms with E-state index in [0.29, 0.717) is 11.1 Å². The second-order valence-electron chi connectivity index (χ2n) is 5.36. The third-order valence-electron chi connectivity index (χ3n) is 3.89. The SMILES string of the molecule is CCC(NCCOC1CCCC1)c1ccc(Cl)cc1Cl. The number of benzene rings is 1. The van der Waals surface area contributed by atoms with Crippen molar-refractivity contribution in [1.29, 1.82) is 0 Å². The molecule has 1 aromatic rings. The lowest BCUT2D eigenvalue weighted by molar-refractivity contribution is 0.0590. The largest absolute Gasteiger partial charge is 0.377 e. The fraction of sp³-hybridized carbons (Fsp3) is 0.625. The van der Waals surface area contributed by atoms with E-state index in [1.165, 1.54) is 25.7 Å². The van der Waals surface area contributed by atoms with E-state index in [1.54, 1.807) is 6.07 Å². The van der Waals surface area contributed by atoms with Crippen molar-refractivity contribution in [2.45, 2.75) is 51.2 Å². The monoisotopic (exact) mass is 315 g/mol. The van der Waals surface area contributed by atoms with Gasteiger partial charge in [0.1, 0.15) is 0 Å². The van der Waals surface area contributed by atoms with E-state index in [2.05, 4.69) is 12.2 Å². The van der Waals surface area contributed by atoms with Crippen molar-refractivity contribution in [3.05, 3.63) is 33.8 Å². The summed E-state index contributed by atoms with van der Waals surface area (Å²) in [5.41, 5.74) is 1.11. The van der Waals surface area contributed by atoms with Crippen LogP contribution in [0.5, 0.6) is 0 Å². The maximum atomic E-state index is 6.26. The van der Waals surface area contributed by atoms with Crippen molar-refractivity contribution in [3.8, 4) is 0 Å². The van der Waals surface area contributed by atoms with Gasteiger partial charge in [0.2, 0.25) is 0 Å². The number of nitrogens with one attached hydrogen (secondary N) is 1. The van der Waals surface area contributed by atoms with E-state index in [4.69, 9.17) is 27.9 Å². The summed E-state index contributed by atoms with van der Waals surface area (Å²) in [6.07, 6.45) is 6.55. The zero-order valence-electron chi connectivity index (χ0n) is 12.0. The van der Waals surface area contributed by atoms with Crippen molar-refractivity contribution in [1.82, 2.24) is 5.32 Å². The minimum atomic E-state index is 0.256. The quantitative estimate of drug-likeness (QED) is 0.715. The maximum absolute atomic E-state index is 6.26. The molecule has 20 heavy (non-hydrogen) atoms. The highest BCUT2D eigenvalue weighted by Gasteiger charge is 2.16. The van der Waals surface area contributed by atoms with Crippen molar-refractivity contribution in [2.24, 2.45) is 0 Å². The first kappa shape index (κ1) is 16.1. The Morgan fingerprint density at radius 1 is 1.30 bits per heavy atom. The molecule has 0 aromatic heterocycles. The van der Waals surface area contributed by atoms with Crippen LogP contribution in [0.2, 0.25) is 10.0 Å². The van der Waals surface area contributed by atoms with Gasteiger partial charge in [0.25, 0.3) is 0 Å². The van der Waals surface area contributed by atoms with Gasteiger partial charge >= 0.3 is 0 Å². The summed E-state index contributed by atoms with van der Waals surface area (Å²) in [5.74, 6) is 0. The van der Waals surface area contributed by atoms with Crippen LogP contribution >= 0.6 is 23.2 Å². The molecule has 2 nitrogen and oxygen atoms in total. The van der Waals surface area contributed by atoms with E-state index in [-0.39, 0.29) is 6.04 Å². The molecule has 0 amide bonds. The molecule has 1 aliphatic rings. The summed E-state index contributed by atoms with van der Waals surface area (Å²) in [6.45, 7) is 3.78. The number of hydrogen-bond acceptors (Lipinski definition) is 2. The first-order chi connectivity index (χ1) is 9.70. The topological polar surface area (TPSA) is 21.3 Å². The average Bonchev–Trinajstić information content (AvgIpc) is 2.93. The second-order valence-corrected chi connectivity index (χ2v) is 6.20. The third kappa shape index (κ3) is 4.63. The molecule has 1 atom stereocenters. The zero-order chi connectivity index (χ0) is 14.4. The molecule has 1 aliphatic carbocycles. The average molecular weight is 316 g/mol. The van der Waals surface area contributed by atoms with Gasteiger partial charge in [-0.3, -0.25) is 0 Å². The lowest BCUT2D eigenvalue weighted by atomic mass is 10.0. The molecule has 0 saturated heterocycles. The Kier molecular flexibility index (Phi) is 6.63. The highest BCUT2D eigenvalue weighted by Crippen LogP contribution is 2.28. The van der Waals surface area contributed by atoms with Crippen LogP contribution in [0.4, 0.5) is 0 Å². The summed E-state index contributed by atoms with van der Waals surface area (Å²) in [7, 11) is 0. The first-order valence-corrected chi connectivity index (χ1v) is 8.26. The van der Waals surface area contributed by atoms with Gasteiger partial charge in [0, 0.05) is 22.6 Å². The predicted molar refractivity (Wildman–Crippen MR) is 85.7 cm³/mol. The van der Waals surface area contributed by atoms with Crippen LogP contribution in [-0.4, -0.2) is 19.3 Å². The van der Waals surface area contributed by atoms with E-state index in [0.717, 1.165) is 30.2 Å².